The first kappa shape index (κ1) is 133. The van der Waals surface area contributed by atoms with E-state index in [0.717, 1.165) is 143 Å². The van der Waals surface area contributed by atoms with Crippen LogP contribution < -0.4 is 0 Å². The zero-order valence-electron chi connectivity index (χ0n) is 79.2. The minimum Gasteiger partial charge on any atom is -0.459 e. The molecule has 0 aromatic heterocycles. The SMILES string of the molecule is C.C.C.C.C.C.C.C.C.C.C.C.CCC(C)(C)C(=O)OC1(C(C)C)C2CC3CC(C2)CC1C3.CCC(C)(C)C(=O)OC1(C(C)C)CC2CC1C1C3CCC(C3)C21.CCC(C)(C)C(=O)OC1(C(C)C)CC2CCC1C2.CCC(C)(C)C(=O)OC1(C(C)C)CCC2CCCCC2C1.CCC(C)(C)C(=O)OC1(C(C)C)CCCCC1.CCC(C)(C)OC(=O)C(C)(C)CC. The van der Waals surface area contributed by atoms with Crippen LogP contribution in [0, 0.1) is 145 Å². The Labute approximate surface area is 782 Å². The van der Waals surface area contributed by atoms with Crippen LogP contribution in [-0.2, 0) is 57.2 Å². The highest BCUT2D eigenvalue weighted by atomic mass is 16.6. The second kappa shape index (κ2) is 51.9. The number of ether oxygens (including phenoxy) is 6. The van der Waals surface area contributed by atoms with Crippen molar-refractivity contribution >= 4 is 35.8 Å². The highest BCUT2D eigenvalue weighted by molar-refractivity contribution is 5.79. The van der Waals surface area contributed by atoms with Crippen LogP contribution in [0.4, 0.5) is 0 Å². The van der Waals surface area contributed by atoms with Gasteiger partial charge in [0.25, 0.3) is 0 Å². The summed E-state index contributed by atoms with van der Waals surface area (Å²) in [5.41, 5.74) is -3.33. The van der Waals surface area contributed by atoms with Crippen molar-refractivity contribution in [2.24, 2.45) is 145 Å². The summed E-state index contributed by atoms with van der Waals surface area (Å²) in [7, 11) is 0. The maximum absolute atomic E-state index is 12.9. The maximum Gasteiger partial charge on any atom is 0.312 e. The molecule has 0 amide bonds. The first-order chi connectivity index (χ1) is 52.3. The third-order valence-electron chi connectivity index (χ3n) is 34.6. The number of fused-ring (bicyclic) bond motifs is 12. The largest absolute Gasteiger partial charge is 0.459 e. The van der Waals surface area contributed by atoms with E-state index in [-0.39, 0.29) is 191 Å². The van der Waals surface area contributed by atoms with Crippen LogP contribution in [0.5, 0.6) is 0 Å². The first-order valence-corrected chi connectivity index (χ1v) is 47.7. The standard InChI is InChI=1S/C21H34O2.C19H32O2.C19H34O2.C16H28O2.C15H28O2.C11H22O2.12CH4/c1-6-20(4,5)19(22)23-21(12(2)3)11-15-10-16(21)18-14-8-7-13(9-14)17(15)18;1-6-18(4,5)17(20)21-19(12(2)3)15-8-13-7-14(10-15)11-16(19)9-13;1-6-18(4,5)17(20)21-19(14(2)3)12-11-15-9-7-8-10-16(15)13-19;1-6-15(4,5)14(17)18-16(11(2)3)10-12-7-8-13(16)9-12;1-6-14(4,5)13(16)17-15(12(2)3)10-8-7-9-11-15;1-7-10(3,4)9(12)13-11(5,6)8-2;;;;;;;;;;;;/h12-18H,6-11H2,1-5H3;12-16H,6-11H2,1-5H3;14-16H,6-13H2,1-5H3;11-13H,6-10H2,1-5H3;12H,6-11H2,1-5H3;7-8H2,1-6H3;12*1H4. The predicted molar refractivity (Wildman–Crippen MR) is 543 cm³/mol. The Morgan fingerprint density at radius 1 is 0.280 bits per heavy atom. The van der Waals surface area contributed by atoms with Crippen LogP contribution in [-0.4, -0.2) is 69.4 Å². The van der Waals surface area contributed by atoms with Gasteiger partial charge in [-0.1, -0.05) is 239 Å². The van der Waals surface area contributed by atoms with E-state index in [4.69, 9.17) is 28.4 Å². The molecule has 13 aliphatic rings. The van der Waals surface area contributed by atoms with E-state index in [9.17, 15) is 28.8 Å². The first-order valence-electron chi connectivity index (χ1n) is 47.7. The van der Waals surface area contributed by atoms with Crippen LogP contribution in [0.2, 0.25) is 0 Å². The Kier molecular flexibility index (Phi) is 55.0. The summed E-state index contributed by atoms with van der Waals surface area (Å²) in [6.07, 6.45) is 39.0. The zero-order chi connectivity index (χ0) is 85.0. The Morgan fingerprint density at radius 3 is 1.02 bits per heavy atom. The summed E-state index contributed by atoms with van der Waals surface area (Å²) < 4.78 is 36.5. The van der Waals surface area contributed by atoms with Crippen molar-refractivity contribution in [3.63, 3.8) is 0 Å². The molecule has 0 aromatic rings. The Bertz CT molecular complexity index is 3090. The molecule has 0 radical (unpaired) electrons. The minimum atomic E-state index is -0.356. The quantitative estimate of drug-likeness (QED) is 0.0512. The Balaban J connectivity index is -0.000000336. The Morgan fingerprint density at radius 2 is 0.648 bits per heavy atom. The van der Waals surface area contributed by atoms with Gasteiger partial charge in [-0.2, -0.15) is 0 Å². The fourth-order valence-corrected chi connectivity index (χ4v) is 23.4. The molecule has 13 unspecified atom stereocenters. The van der Waals surface area contributed by atoms with E-state index in [0.29, 0.717) is 53.3 Å². The molecule has 750 valence electrons. The molecule has 125 heavy (non-hydrogen) atoms. The van der Waals surface area contributed by atoms with Crippen molar-refractivity contribution < 1.29 is 57.2 Å². The summed E-state index contributed by atoms with van der Waals surface area (Å²) in [6, 6.07) is 0. The molecular formula is C113H226O12. The molecule has 0 heterocycles. The molecule has 13 saturated carbocycles. The van der Waals surface area contributed by atoms with E-state index >= 15 is 0 Å². The van der Waals surface area contributed by atoms with Gasteiger partial charge in [-0.15, -0.1) is 0 Å². The van der Waals surface area contributed by atoms with Crippen molar-refractivity contribution in [3.05, 3.63) is 0 Å². The van der Waals surface area contributed by atoms with Crippen molar-refractivity contribution in [3.8, 4) is 0 Å². The minimum absolute atomic E-state index is 0. The molecule has 0 N–H and O–H groups in total. The number of carbonyl (C=O) groups is 6. The summed E-state index contributed by atoms with van der Waals surface area (Å²) >= 11 is 0. The van der Waals surface area contributed by atoms with Gasteiger partial charge in [-0.05, 0) is 383 Å². The fourth-order valence-electron chi connectivity index (χ4n) is 23.4. The summed E-state index contributed by atoms with van der Waals surface area (Å²) in [5.74, 6) is 13.5. The molecular weight excluding hydrogens is 1550 g/mol. The molecule has 12 heteroatoms. The topological polar surface area (TPSA) is 158 Å². The molecule has 0 saturated heterocycles. The predicted octanol–water partition coefficient (Wildman–Crippen LogP) is 34.5. The van der Waals surface area contributed by atoms with Crippen LogP contribution in [0.25, 0.3) is 0 Å². The number of carbonyl (C=O) groups excluding carboxylic acids is 6. The molecule has 12 nitrogen and oxygen atoms in total. The van der Waals surface area contributed by atoms with E-state index in [1.165, 1.54) is 128 Å². The zero-order valence-corrected chi connectivity index (χ0v) is 79.2. The average molecular weight is 1780 g/mol. The monoisotopic (exact) mass is 1780 g/mol. The Hall–Kier alpha value is -3.18. The molecule has 0 aliphatic heterocycles. The van der Waals surface area contributed by atoms with E-state index in [1.807, 2.05) is 118 Å². The van der Waals surface area contributed by atoms with Crippen LogP contribution >= 0.6 is 0 Å². The lowest BCUT2D eigenvalue weighted by Gasteiger charge is -2.62. The molecule has 13 aliphatic carbocycles. The van der Waals surface area contributed by atoms with Gasteiger partial charge in [0.05, 0.1) is 32.5 Å². The van der Waals surface area contributed by atoms with Gasteiger partial charge in [0.1, 0.15) is 33.6 Å². The van der Waals surface area contributed by atoms with Crippen LogP contribution in [0.15, 0.2) is 0 Å². The van der Waals surface area contributed by atoms with Crippen molar-refractivity contribution in [2.75, 3.05) is 0 Å². The van der Waals surface area contributed by atoms with Crippen molar-refractivity contribution in [2.45, 2.75) is 549 Å². The summed E-state index contributed by atoms with van der Waals surface area (Å²) in [4.78, 5) is 74.6. The third-order valence-corrected chi connectivity index (χ3v) is 34.6. The van der Waals surface area contributed by atoms with Gasteiger partial charge in [-0.25, -0.2) is 0 Å². The fraction of sp³-hybridized carbons (Fsp3) is 0.947. The third kappa shape index (κ3) is 29.2. The highest BCUT2D eigenvalue weighted by Gasteiger charge is 2.70. The average Bonchev–Trinajstić information content (AvgIpc) is 1.56. The highest BCUT2D eigenvalue weighted by Crippen LogP contribution is 2.72. The lowest BCUT2D eigenvalue weighted by molar-refractivity contribution is -0.231. The smallest absolute Gasteiger partial charge is 0.312 e. The molecule has 0 aromatic carbocycles. The van der Waals surface area contributed by atoms with E-state index < -0.39 is 0 Å². The lowest BCUT2D eigenvalue weighted by atomic mass is 9.47. The molecule has 0 spiro atoms. The van der Waals surface area contributed by atoms with E-state index in [2.05, 4.69) is 96.9 Å². The molecule has 13 rings (SSSR count). The molecule has 10 bridgehead atoms. The number of rotatable bonds is 24. The second-order valence-corrected chi connectivity index (χ2v) is 45.8. The lowest BCUT2D eigenvalue weighted by Crippen LogP contribution is -2.63. The summed E-state index contributed by atoms with van der Waals surface area (Å²) in [6.45, 7) is 64.6. The van der Waals surface area contributed by atoms with E-state index in [1.54, 1.807) is 0 Å². The maximum atomic E-state index is 12.9. The van der Waals surface area contributed by atoms with Gasteiger partial charge in [-0.3, -0.25) is 28.8 Å². The van der Waals surface area contributed by atoms with Gasteiger partial charge in [0.15, 0.2) is 0 Å². The molecule has 13 atom stereocenters. The summed E-state index contributed by atoms with van der Waals surface area (Å²) in [5, 5.41) is 0. The van der Waals surface area contributed by atoms with Gasteiger partial charge < -0.3 is 28.4 Å². The number of hydrogen-bond acceptors (Lipinski definition) is 12. The molecule has 13 fully saturated rings. The van der Waals surface area contributed by atoms with Gasteiger partial charge in [0.2, 0.25) is 0 Å². The van der Waals surface area contributed by atoms with Gasteiger partial charge >= 0.3 is 35.8 Å². The normalized spacial score (nSPS) is 30.5. The van der Waals surface area contributed by atoms with Crippen LogP contribution in [0.3, 0.4) is 0 Å². The number of hydrogen-bond donors (Lipinski definition) is 0. The van der Waals surface area contributed by atoms with Crippen LogP contribution in [0.1, 0.15) is 516 Å². The number of esters is 6. The van der Waals surface area contributed by atoms with Gasteiger partial charge in [0, 0.05) is 5.92 Å². The van der Waals surface area contributed by atoms with Crippen molar-refractivity contribution in [1.82, 2.24) is 0 Å². The van der Waals surface area contributed by atoms with Crippen molar-refractivity contribution in [1.29, 1.82) is 0 Å². The second-order valence-electron chi connectivity index (χ2n) is 45.8.